The Morgan fingerprint density at radius 1 is 1.00 bits per heavy atom. The van der Waals surface area contributed by atoms with Crippen LogP contribution in [-0.4, -0.2) is 18.4 Å². The number of benzene rings is 2. The molecule has 0 atom stereocenters. The van der Waals surface area contributed by atoms with E-state index in [2.05, 4.69) is 17.5 Å². The molecule has 106 valence electrons. The average molecular weight is 281 g/mol. The predicted molar refractivity (Wildman–Crippen MR) is 80.2 cm³/mol. The minimum absolute atomic E-state index is 0.272. The molecule has 2 heterocycles. The maximum absolute atomic E-state index is 9.37. The molecule has 0 bridgehead atoms. The first-order valence-corrected chi connectivity index (χ1v) is 6.93. The lowest BCUT2D eigenvalue weighted by Gasteiger charge is -2.23. The van der Waals surface area contributed by atoms with Crippen molar-refractivity contribution in [2.45, 2.75) is 6.54 Å². The second-order valence-electron chi connectivity index (χ2n) is 5.22. The Labute approximate surface area is 122 Å². The van der Waals surface area contributed by atoms with E-state index in [1.807, 2.05) is 18.2 Å². The summed E-state index contributed by atoms with van der Waals surface area (Å²) in [4.78, 5) is 0. The standard InChI is InChI=1S/C17H15NO3/c19-15-3-1-11(2-4-15)14-6-12-5-13-8-18-10-21-17(13)7-16(12)20-9-14/h1-7,18-19H,8-10H2. The molecule has 0 aromatic heterocycles. The van der Waals surface area contributed by atoms with E-state index in [1.54, 1.807) is 12.1 Å². The van der Waals surface area contributed by atoms with E-state index >= 15 is 0 Å². The van der Waals surface area contributed by atoms with Crippen molar-refractivity contribution < 1.29 is 14.6 Å². The zero-order valence-corrected chi connectivity index (χ0v) is 11.4. The molecular weight excluding hydrogens is 266 g/mol. The maximum atomic E-state index is 9.37. The van der Waals surface area contributed by atoms with E-state index in [0.29, 0.717) is 13.3 Å². The van der Waals surface area contributed by atoms with Crippen LogP contribution in [0.25, 0.3) is 11.6 Å². The summed E-state index contributed by atoms with van der Waals surface area (Å²) in [5.74, 6) is 2.03. The summed E-state index contributed by atoms with van der Waals surface area (Å²) in [7, 11) is 0. The van der Waals surface area contributed by atoms with Gasteiger partial charge in [0.1, 0.15) is 30.6 Å². The highest BCUT2D eigenvalue weighted by atomic mass is 16.5. The molecule has 2 aromatic rings. The molecule has 0 amide bonds. The number of phenolic OH excluding ortho intramolecular Hbond substituents is 1. The second kappa shape index (κ2) is 4.82. The molecule has 0 unspecified atom stereocenters. The van der Waals surface area contributed by atoms with Crippen LogP contribution in [0, 0.1) is 0 Å². The van der Waals surface area contributed by atoms with Crippen molar-refractivity contribution in [2.24, 2.45) is 0 Å². The highest BCUT2D eigenvalue weighted by molar-refractivity contribution is 5.86. The monoisotopic (exact) mass is 281 g/mol. The Kier molecular flexibility index (Phi) is 2.82. The summed E-state index contributed by atoms with van der Waals surface area (Å²) in [6, 6.07) is 11.3. The van der Waals surface area contributed by atoms with Crippen LogP contribution in [0.3, 0.4) is 0 Å². The van der Waals surface area contributed by atoms with Crippen LogP contribution in [0.1, 0.15) is 16.7 Å². The number of hydrogen-bond donors (Lipinski definition) is 2. The van der Waals surface area contributed by atoms with E-state index in [0.717, 1.165) is 40.3 Å². The molecule has 0 saturated carbocycles. The van der Waals surface area contributed by atoms with Crippen LogP contribution in [-0.2, 0) is 6.54 Å². The molecule has 0 saturated heterocycles. The van der Waals surface area contributed by atoms with Crippen molar-refractivity contribution >= 4 is 11.6 Å². The van der Waals surface area contributed by atoms with E-state index in [-0.39, 0.29) is 5.75 Å². The van der Waals surface area contributed by atoms with Crippen molar-refractivity contribution in [3.05, 3.63) is 53.1 Å². The lowest BCUT2D eigenvalue weighted by molar-refractivity contribution is 0.254. The normalized spacial score (nSPS) is 16.1. The van der Waals surface area contributed by atoms with Gasteiger partial charge in [0.05, 0.1) is 0 Å². The van der Waals surface area contributed by atoms with Gasteiger partial charge in [0.15, 0.2) is 0 Å². The number of fused-ring (bicyclic) bond motifs is 2. The third-order valence-electron chi connectivity index (χ3n) is 3.79. The maximum Gasteiger partial charge on any atom is 0.139 e. The van der Waals surface area contributed by atoms with E-state index in [1.165, 1.54) is 0 Å². The van der Waals surface area contributed by atoms with E-state index in [4.69, 9.17) is 9.47 Å². The lowest BCUT2D eigenvalue weighted by Crippen LogP contribution is -2.25. The van der Waals surface area contributed by atoms with Gasteiger partial charge in [-0.3, -0.25) is 5.32 Å². The van der Waals surface area contributed by atoms with Gasteiger partial charge in [-0.2, -0.15) is 0 Å². The fourth-order valence-corrected chi connectivity index (χ4v) is 2.68. The predicted octanol–water partition coefficient (Wildman–Crippen LogP) is 2.76. The SMILES string of the molecule is Oc1ccc(C2=Cc3cc4c(cc3OC2)OCNC4)cc1. The third-order valence-corrected chi connectivity index (χ3v) is 3.79. The summed E-state index contributed by atoms with van der Waals surface area (Å²) in [6.45, 7) is 1.88. The number of ether oxygens (including phenoxy) is 2. The van der Waals surface area contributed by atoms with Gasteiger partial charge in [0, 0.05) is 23.7 Å². The largest absolute Gasteiger partial charge is 0.508 e. The van der Waals surface area contributed by atoms with Gasteiger partial charge in [-0.1, -0.05) is 12.1 Å². The first-order chi connectivity index (χ1) is 10.3. The topological polar surface area (TPSA) is 50.7 Å². The zero-order valence-electron chi connectivity index (χ0n) is 11.4. The molecular formula is C17H15NO3. The highest BCUT2D eigenvalue weighted by Gasteiger charge is 2.18. The van der Waals surface area contributed by atoms with Crippen molar-refractivity contribution in [3.8, 4) is 17.2 Å². The van der Waals surface area contributed by atoms with Crippen LogP contribution in [0.4, 0.5) is 0 Å². The van der Waals surface area contributed by atoms with Crippen LogP contribution in [0.2, 0.25) is 0 Å². The minimum Gasteiger partial charge on any atom is -0.508 e. The lowest BCUT2D eigenvalue weighted by atomic mass is 9.99. The Balaban J connectivity index is 1.74. The Hall–Kier alpha value is -2.46. The fraction of sp³-hybridized carbons (Fsp3) is 0.176. The van der Waals surface area contributed by atoms with Gasteiger partial charge in [-0.05, 0) is 35.4 Å². The van der Waals surface area contributed by atoms with Crippen LogP contribution in [0.15, 0.2) is 36.4 Å². The van der Waals surface area contributed by atoms with E-state index in [9.17, 15) is 5.11 Å². The number of aromatic hydroxyl groups is 1. The van der Waals surface area contributed by atoms with Crippen molar-refractivity contribution in [3.63, 3.8) is 0 Å². The summed E-state index contributed by atoms with van der Waals surface area (Å²) >= 11 is 0. The summed E-state index contributed by atoms with van der Waals surface area (Å²) in [5, 5.41) is 12.6. The molecule has 2 N–H and O–H groups in total. The molecule has 4 nitrogen and oxygen atoms in total. The summed E-state index contributed by atoms with van der Waals surface area (Å²) in [6.07, 6.45) is 2.14. The van der Waals surface area contributed by atoms with Crippen molar-refractivity contribution in [1.29, 1.82) is 0 Å². The Morgan fingerprint density at radius 3 is 2.71 bits per heavy atom. The smallest absolute Gasteiger partial charge is 0.139 e. The number of hydrogen-bond acceptors (Lipinski definition) is 4. The Morgan fingerprint density at radius 2 is 1.86 bits per heavy atom. The second-order valence-corrected chi connectivity index (χ2v) is 5.22. The minimum atomic E-state index is 0.272. The highest BCUT2D eigenvalue weighted by Crippen LogP contribution is 2.36. The average Bonchev–Trinajstić information content (AvgIpc) is 2.53. The molecule has 2 aromatic carbocycles. The van der Waals surface area contributed by atoms with Gasteiger partial charge in [0.2, 0.25) is 0 Å². The molecule has 4 heteroatoms. The number of nitrogens with one attached hydrogen (secondary N) is 1. The summed E-state index contributed by atoms with van der Waals surface area (Å²) in [5.41, 5.74) is 4.37. The molecule has 2 aliphatic heterocycles. The van der Waals surface area contributed by atoms with Gasteiger partial charge in [0.25, 0.3) is 0 Å². The molecule has 0 fully saturated rings. The van der Waals surface area contributed by atoms with Crippen molar-refractivity contribution in [2.75, 3.05) is 13.3 Å². The zero-order chi connectivity index (χ0) is 14.2. The van der Waals surface area contributed by atoms with Crippen molar-refractivity contribution in [1.82, 2.24) is 5.32 Å². The number of rotatable bonds is 1. The van der Waals surface area contributed by atoms with Gasteiger partial charge in [-0.15, -0.1) is 0 Å². The third kappa shape index (κ3) is 2.23. The number of phenols is 1. The quantitative estimate of drug-likeness (QED) is 0.844. The molecule has 0 spiro atoms. The Bertz CT molecular complexity index is 720. The molecule has 0 radical (unpaired) electrons. The molecule has 0 aliphatic carbocycles. The summed E-state index contributed by atoms with van der Waals surface area (Å²) < 4.78 is 11.4. The van der Waals surface area contributed by atoms with E-state index < -0.39 is 0 Å². The molecule has 2 aliphatic rings. The first kappa shape index (κ1) is 12.3. The van der Waals surface area contributed by atoms with Crippen LogP contribution >= 0.6 is 0 Å². The molecule has 21 heavy (non-hydrogen) atoms. The van der Waals surface area contributed by atoms with Gasteiger partial charge < -0.3 is 14.6 Å². The molecule has 4 rings (SSSR count). The van der Waals surface area contributed by atoms with Gasteiger partial charge >= 0.3 is 0 Å². The van der Waals surface area contributed by atoms with Crippen LogP contribution in [0.5, 0.6) is 17.2 Å². The first-order valence-electron chi connectivity index (χ1n) is 6.93. The van der Waals surface area contributed by atoms with Crippen LogP contribution < -0.4 is 14.8 Å². The van der Waals surface area contributed by atoms with Gasteiger partial charge in [-0.25, -0.2) is 0 Å². The fourth-order valence-electron chi connectivity index (χ4n) is 2.68.